The van der Waals surface area contributed by atoms with Crippen LogP contribution in [0.15, 0.2) is 28.9 Å². The highest BCUT2D eigenvalue weighted by Gasteiger charge is 2.35. The first-order chi connectivity index (χ1) is 8.79. The quantitative estimate of drug-likeness (QED) is 0.821. The van der Waals surface area contributed by atoms with Gasteiger partial charge in [0, 0.05) is 6.20 Å². The monoisotopic (exact) mass is 355 g/mol. The lowest BCUT2D eigenvalue weighted by atomic mass is 10.1. The van der Waals surface area contributed by atoms with Crippen molar-refractivity contribution in [1.29, 1.82) is 0 Å². The molecule has 0 aliphatic carbocycles. The molecule has 2 aromatic rings. The lowest BCUT2D eigenvalue weighted by molar-refractivity contribution is -0.137. The highest BCUT2D eigenvalue weighted by atomic mass is 79.9. The molecule has 0 saturated heterocycles. The first kappa shape index (κ1) is 14.4. The zero-order chi connectivity index (χ0) is 14.2. The molecule has 1 aromatic heterocycles. The molecule has 0 spiro atoms. The zero-order valence-corrected chi connectivity index (χ0v) is 11.5. The Hall–Kier alpha value is -0.990. The molecule has 0 radical (unpaired) electrons. The summed E-state index contributed by atoms with van der Waals surface area (Å²) in [5, 5.41) is 8.92. The third kappa shape index (κ3) is 3.13. The van der Waals surface area contributed by atoms with Crippen molar-refractivity contribution >= 4 is 27.3 Å². The largest absolute Gasteiger partial charge is 0.443 e. The molecular weight excluding hydrogens is 350 g/mol. The summed E-state index contributed by atoms with van der Waals surface area (Å²) in [5.74, 6) is -0.517. The fraction of sp³-hybridized carbons (Fsp3) is 0.182. The number of aromatic nitrogens is 1. The van der Waals surface area contributed by atoms with Crippen molar-refractivity contribution in [3.63, 3.8) is 0 Å². The summed E-state index contributed by atoms with van der Waals surface area (Å²) in [4.78, 5) is 3.27. The maximum Gasteiger partial charge on any atom is 0.443 e. The Bertz CT molecular complexity index is 599. The van der Waals surface area contributed by atoms with Crippen LogP contribution in [0.4, 0.5) is 17.6 Å². The Morgan fingerprint density at radius 3 is 2.53 bits per heavy atom. The molecule has 0 aliphatic heterocycles. The summed E-state index contributed by atoms with van der Waals surface area (Å²) >= 11 is 3.30. The number of nitrogens with zero attached hydrogens (tertiary/aromatic N) is 1. The Labute approximate surface area is 117 Å². The van der Waals surface area contributed by atoms with Crippen LogP contribution in [0.5, 0.6) is 0 Å². The molecular formula is C11H6BrF4NOS. The second kappa shape index (κ2) is 5.18. The van der Waals surface area contributed by atoms with Crippen molar-refractivity contribution in [2.24, 2.45) is 0 Å². The number of hydrogen-bond donors (Lipinski definition) is 1. The highest BCUT2D eigenvalue weighted by molar-refractivity contribution is 9.10. The van der Waals surface area contributed by atoms with Gasteiger partial charge in [-0.25, -0.2) is 9.37 Å². The minimum absolute atomic E-state index is 0.0471. The van der Waals surface area contributed by atoms with Gasteiger partial charge in [0.1, 0.15) is 11.9 Å². The number of alkyl halides is 3. The number of hydrogen-bond acceptors (Lipinski definition) is 3. The normalized spacial score (nSPS) is 13.6. The van der Waals surface area contributed by atoms with Crippen molar-refractivity contribution in [2.75, 3.05) is 0 Å². The van der Waals surface area contributed by atoms with Gasteiger partial charge in [0.2, 0.25) is 0 Å². The van der Waals surface area contributed by atoms with E-state index < -0.39 is 23.1 Å². The summed E-state index contributed by atoms with van der Waals surface area (Å²) in [6, 6.07) is 3.74. The molecule has 0 aliphatic rings. The van der Waals surface area contributed by atoms with E-state index in [4.69, 9.17) is 0 Å². The predicted octanol–water partition coefficient (Wildman–Crippen LogP) is 4.15. The molecule has 2 rings (SSSR count). The van der Waals surface area contributed by atoms with E-state index in [0.29, 0.717) is 11.3 Å². The first-order valence-corrected chi connectivity index (χ1v) is 6.56. The molecule has 0 fully saturated rings. The van der Waals surface area contributed by atoms with E-state index in [1.165, 1.54) is 12.1 Å². The molecule has 2 nitrogen and oxygen atoms in total. The van der Waals surface area contributed by atoms with Gasteiger partial charge < -0.3 is 5.11 Å². The number of aliphatic hydroxyl groups is 1. The van der Waals surface area contributed by atoms with Crippen LogP contribution >= 0.6 is 27.3 Å². The smallest absolute Gasteiger partial charge is 0.383 e. The summed E-state index contributed by atoms with van der Waals surface area (Å²) in [6.45, 7) is 0. The number of aliphatic hydroxyl groups excluding tert-OH is 1. The summed E-state index contributed by atoms with van der Waals surface area (Å²) < 4.78 is 50.3. The average molecular weight is 356 g/mol. The molecule has 0 bridgehead atoms. The lowest BCUT2D eigenvalue weighted by Gasteiger charge is -2.09. The van der Waals surface area contributed by atoms with Gasteiger partial charge in [-0.2, -0.15) is 13.2 Å². The molecule has 1 heterocycles. The van der Waals surface area contributed by atoms with Crippen molar-refractivity contribution in [3.8, 4) is 0 Å². The molecule has 102 valence electrons. The molecule has 19 heavy (non-hydrogen) atoms. The van der Waals surface area contributed by atoms with Crippen LogP contribution in [0.25, 0.3) is 0 Å². The Morgan fingerprint density at radius 2 is 2.00 bits per heavy atom. The average Bonchev–Trinajstić information content (AvgIpc) is 2.81. The van der Waals surface area contributed by atoms with E-state index in [2.05, 4.69) is 20.9 Å². The zero-order valence-electron chi connectivity index (χ0n) is 9.08. The molecule has 8 heteroatoms. The van der Waals surface area contributed by atoms with Gasteiger partial charge >= 0.3 is 6.18 Å². The van der Waals surface area contributed by atoms with Crippen LogP contribution in [-0.4, -0.2) is 10.1 Å². The topological polar surface area (TPSA) is 33.1 Å². The second-order valence-corrected chi connectivity index (χ2v) is 5.56. The van der Waals surface area contributed by atoms with E-state index in [9.17, 15) is 22.7 Å². The van der Waals surface area contributed by atoms with Crippen LogP contribution in [-0.2, 0) is 6.18 Å². The molecule has 1 aromatic carbocycles. The maximum absolute atomic E-state index is 13.0. The number of rotatable bonds is 2. The molecule has 0 amide bonds. The minimum Gasteiger partial charge on any atom is -0.383 e. The van der Waals surface area contributed by atoms with Crippen LogP contribution in [0.3, 0.4) is 0 Å². The van der Waals surface area contributed by atoms with Gasteiger partial charge in [0.15, 0.2) is 5.01 Å². The fourth-order valence-corrected chi connectivity index (χ4v) is 2.58. The van der Waals surface area contributed by atoms with Crippen LogP contribution < -0.4 is 0 Å². The standard InChI is InChI=1S/C11H6BrF4NOS/c12-6-3-5(1-2-7(6)13)9(18)8-4-17-10(19-8)11(14,15)16/h1-4,9,18H. The predicted molar refractivity (Wildman–Crippen MR) is 65.3 cm³/mol. The highest BCUT2D eigenvalue weighted by Crippen LogP contribution is 2.36. The molecule has 1 atom stereocenters. The summed E-state index contributed by atoms with van der Waals surface area (Å²) in [6.07, 6.45) is -4.84. The van der Waals surface area contributed by atoms with Crippen molar-refractivity contribution < 1.29 is 22.7 Å². The van der Waals surface area contributed by atoms with Crippen molar-refractivity contribution in [1.82, 2.24) is 4.98 Å². The summed E-state index contributed by atoms with van der Waals surface area (Å²) in [5.41, 5.74) is 0.283. The van der Waals surface area contributed by atoms with E-state index in [-0.39, 0.29) is 14.9 Å². The first-order valence-electron chi connectivity index (χ1n) is 4.95. The number of halogens is 5. The van der Waals surface area contributed by atoms with E-state index in [1.54, 1.807) is 0 Å². The van der Waals surface area contributed by atoms with Crippen molar-refractivity contribution in [2.45, 2.75) is 12.3 Å². The van der Waals surface area contributed by atoms with E-state index in [1.807, 2.05) is 0 Å². The lowest BCUT2D eigenvalue weighted by Crippen LogP contribution is -2.03. The Morgan fingerprint density at radius 1 is 1.32 bits per heavy atom. The Balaban J connectivity index is 2.31. The van der Waals surface area contributed by atoms with Gasteiger partial charge in [0.05, 0.1) is 9.35 Å². The van der Waals surface area contributed by atoms with Gasteiger partial charge in [-0.05, 0) is 33.6 Å². The van der Waals surface area contributed by atoms with E-state index in [0.717, 1.165) is 12.3 Å². The van der Waals surface area contributed by atoms with Crippen LogP contribution in [0.2, 0.25) is 0 Å². The van der Waals surface area contributed by atoms with Gasteiger partial charge in [-0.15, -0.1) is 11.3 Å². The maximum atomic E-state index is 13.0. The number of thiazole rings is 1. The van der Waals surface area contributed by atoms with Gasteiger partial charge in [-0.3, -0.25) is 0 Å². The molecule has 1 N–H and O–H groups in total. The van der Waals surface area contributed by atoms with Crippen molar-refractivity contribution in [3.05, 3.63) is 50.1 Å². The number of benzene rings is 1. The Kier molecular flexibility index (Phi) is 3.93. The van der Waals surface area contributed by atoms with Crippen LogP contribution in [0, 0.1) is 5.82 Å². The SMILES string of the molecule is OC(c1ccc(F)c(Br)c1)c1cnc(C(F)(F)F)s1. The third-order valence-corrected chi connectivity index (χ3v) is 4.00. The van der Waals surface area contributed by atoms with Crippen LogP contribution in [0.1, 0.15) is 21.6 Å². The molecule has 0 saturated carbocycles. The molecule has 1 unspecified atom stereocenters. The fourth-order valence-electron chi connectivity index (χ4n) is 1.39. The van der Waals surface area contributed by atoms with Gasteiger partial charge in [-0.1, -0.05) is 6.07 Å². The third-order valence-electron chi connectivity index (χ3n) is 2.29. The van der Waals surface area contributed by atoms with Gasteiger partial charge in [0.25, 0.3) is 0 Å². The minimum atomic E-state index is -4.54. The second-order valence-electron chi connectivity index (χ2n) is 3.64. The summed E-state index contributed by atoms with van der Waals surface area (Å²) in [7, 11) is 0. The van der Waals surface area contributed by atoms with E-state index >= 15 is 0 Å².